The minimum atomic E-state index is -3.58. The van der Waals surface area contributed by atoms with E-state index >= 15 is 0 Å². The quantitative estimate of drug-likeness (QED) is 0.772. The average Bonchev–Trinajstić information content (AvgIpc) is 3.58. The van der Waals surface area contributed by atoms with Crippen LogP contribution in [-0.2, 0) is 14.8 Å². The van der Waals surface area contributed by atoms with E-state index in [4.69, 9.17) is 0 Å². The van der Waals surface area contributed by atoms with Gasteiger partial charge in [-0.2, -0.15) is 4.31 Å². The van der Waals surface area contributed by atoms with Gasteiger partial charge < -0.3 is 10.2 Å². The van der Waals surface area contributed by atoms with Crippen LogP contribution in [0.5, 0.6) is 0 Å². The number of nitrogens with one attached hydrogen (secondary N) is 1. The molecule has 0 atom stereocenters. The van der Waals surface area contributed by atoms with E-state index in [0.29, 0.717) is 50.6 Å². The molecule has 0 radical (unpaired) electrons. The zero-order valence-electron chi connectivity index (χ0n) is 17.6. The number of amides is 2. The van der Waals surface area contributed by atoms with Crippen LogP contribution in [0.4, 0.5) is 0 Å². The summed E-state index contributed by atoms with van der Waals surface area (Å²) in [6.45, 7) is 3.94. The molecule has 8 heteroatoms. The van der Waals surface area contributed by atoms with Gasteiger partial charge in [0.15, 0.2) is 0 Å². The van der Waals surface area contributed by atoms with E-state index in [1.807, 2.05) is 6.92 Å². The molecule has 2 heterocycles. The van der Waals surface area contributed by atoms with Crippen LogP contribution >= 0.6 is 0 Å². The molecule has 0 aromatic heterocycles. The van der Waals surface area contributed by atoms with Crippen molar-refractivity contribution in [2.45, 2.75) is 62.8 Å². The van der Waals surface area contributed by atoms with Gasteiger partial charge in [0.25, 0.3) is 5.91 Å². The van der Waals surface area contributed by atoms with Crippen molar-refractivity contribution in [1.29, 1.82) is 0 Å². The largest absolute Gasteiger partial charge is 0.353 e. The van der Waals surface area contributed by atoms with Gasteiger partial charge in [0.05, 0.1) is 4.90 Å². The van der Waals surface area contributed by atoms with Crippen LogP contribution in [-0.4, -0.2) is 61.7 Å². The second kappa shape index (κ2) is 8.67. The monoisotopic (exact) mass is 433 g/mol. The summed E-state index contributed by atoms with van der Waals surface area (Å²) in [5, 5.41) is 3.05. The predicted octanol–water partition coefficient (Wildman–Crippen LogP) is 2.30. The number of hydrogen-bond donors (Lipinski definition) is 1. The molecule has 2 saturated heterocycles. The van der Waals surface area contributed by atoms with Crippen molar-refractivity contribution in [2.75, 3.05) is 26.2 Å². The third-order valence-corrected chi connectivity index (χ3v) is 8.36. The smallest absolute Gasteiger partial charge is 0.254 e. The van der Waals surface area contributed by atoms with Crippen LogP contribution in [0.3, 0.4) is 0 Å². The summed E-state index contributed by atoms with van der Waals surface area (Å²) in [7, 11) is -3.58. The van der Waals surface area contributed by atoms with Crippen LogP contribution in [0, 0.1) is 12.8 Å². The lowest BCUT2D eigenvalue weighted by molar-refractivity contribution is -0.126. The van der Waals surface area contributed by atoms with Gasteiger partial charge in [-0.15, -0.1) is 0 Å². The van der Waals surface area contributed by atoms with Crippen LogP contribution < -0.4 is 5.32 Å². The number of rotatable bonds is 5. The number of nitrogens with zero attached hydrogens (tertiary/aromatic N) is 2. The van der Waals surface area contributed by atoms with Gasteiger partial charge >= 0.3 is 0 Å². The minimum Gasteiger partial charge on any atom is -0.353 e. The van der Waals surface area contributed by atoms with Crippen molar-refractivity contribution in [3.8, 4) is 0 Å². The van der Waals surface area contributed by atoms with E-state index < -0.39 is 10.0 Å². The predicted molar refractivity (Wildman–Crippen MR) is 114 cm³/mol. The van der Waals surface area contributed by atoms with E-state index in [1.165, 1.54) is 10.4 Å². The number of benzene rings is 1. The Bertz CT molecular complexity index is 912. The van der Waals surface area contributed by atoms with Crippen molar-refractivity contribution < 1.29 is 18.0 Å². The number of hydrogen-bond acceptors (Lipinski definition) is 4. The summed E-state index contributed by atoms with van der Waals surface area (Å²) in [4.78, 5) is 27.4. The summed E-state index contributed by atoms with van der Waals surface area (Å²) in [5.74, 6) is -0.0822. The zero-order chi connectivity index (χ0) is 21.3. The lowest BCUT2D eigenvalue weighted by Gasteiger charge is -2.32. The first-order valence-corrected chi connectivity index (χ1v) is 12.5. The maximum absolute atomic E-state index is 13.2. The van der Waals surface area contributed by atoms with Gasteiger partial charge in [0, 0.05) is 43.7 Å². The topological polar surface area (TPSA) is 86.8 Å². The number of piperidine rings is 2. The molecule has 7 nitrogen and oxygen atoms in total. The third-order valence-electron chi connectivity index (χ3n) is 6.47. The molecule has 30 heavy (non-hydrogen) atoms. The summed E-state index contributed by atoms with van der Waals surface area (Å²) in [6.07, 6.45) is 6.24. The van der Waals surface area contributed by atoms with Gasteiger partial charge in [-0.25, -0.2) is 8.42 Å². The zero-order valence-corrected chi connectivity index (χ0v) is 18.4. The highest BCUT2D eigenvalue weighted by Crippen LogP contribution is 2.26. The summed E-state index contributed by atoms with van der Waals surface area (Å²) in [5.41, 5.74) is 1.21. The van der Waals surface area contributed by atoms with Crippen LogP contribution in [0.1, 0.15) is 60.9 Å². The summed E-state index contributed by atoms with van der Waals surface area (Å²) in [6, 6.07) is 5.21. The first-order valence-electron chi connectivity index (χ1n) is 11.1. The Morgan fingerprint density at radius 3 is 2.27 bits per heavy atom. The van der Waals surface area contributed by atoms with Crippen LogP contribution in [0.25, 0.3) is 0 Å². The molecular formula is C22H31N3O4S. The fraction of sp³-hybridized carbons (Fsp3) is 0.636. The molecule has 1 aromatic rings. The van der Waals surface area contributed by atoms with Crippen molar-refractivity contribution >= 4 is 21.8 Å². The minimum absolute atomic E-state index is 0.0402. The molecule has 164 valence electrons. The van der Waals surface area contributed by atoms with Gasteiger partial charge in [-0.05, 0) is 63.1 Å². The van der Waals surface area contributed by atoms with Crippen LogP contribution in [0.15, 0.2) is 23.1 Å². The van der Waals surface area contributed by atoms with E-state index in [0.717, 1.165) is 37.7 Å². The van der Waals surface area contributed by atoms with Crippen molar-refractivity contribution in [1.82, 2.24) is 14.5 Å². The molecular weight excluding hydrogens is 402 g/mol. The summed E-state index contributed by atoms with van der Waals surface area (Å²) < 4.78 is 27.6. The third kappa shape index (κ3) is 4.54. The number of carbonyl (C=O) groups is 2. The molecule has 1 aromatic carbocycles. The Balaban J connectivity index is 1.45. The highest BCUT2D eigenvalue weighted by molar-refractivity contribution is 7.89. The van der Waals surface area contributed by atoms with Crippen LogP contribution in [0.2, 0.25) is 0 Å². The highest BCUT2D eigenvalue weighted by Gasteiger charge is 2.32. The van der Waals surface area contributed by atoms with Gasteiger partial charge in [0.2, 0.25) is 15.9 Å². The van der Waals surface area contributed by atoms with Crippen molar-refractivity contribution in [2.24, 2.45) is 5.92 Å². The molecule has 0 bridgehead atoms. The Morgan fingerprint density at radius 1 is 0.967 bits per heavy atom. The lowest BCUT2D eigenvalue weighted by Crippen LogP contribution is -2.43. The number of carbonyl (C=O) groups excluding carboxylic acids is 2. The molecule has 3 aliphatic rings. The first kappa shape index (κ1) is 21.3. The fourth-order valence-corrected chi connectivity index (χ4v) is 5.85. The molecule has 4 rings (SSSR count). The van der Waals surface area contributed by atoms with E-state index in [2.05, 4.69) is 5.32 Å². The molecule has 0 unspecified atom stereocenters. The second-order valence-corrected chi connectivity index (χ2v) is 10.7. The normalized spacial score (nSPS) is 21.4. The maximum Gasteiger partial charge on any atom is 0.254 e. The Kier molecular flexibility index (Phi) is 6.16. The fourth-order valence-electron chi connectivity index (χ4n) is 4.31. The first-order chi connectivity index (χ1) is 14.4. The van der Waals surface area contributed by atoms with Gasteiger partial charge in [0.1, 0.15) is 0 Å². The van der Waals surface area contributed by atoms with E-state index in [1.54, 1.807) is 17.0 Å². The van der Waals surface area contributed by atoms with Crippen molar-refractivity contribution in [3.63, 3.8) is 0 Å². The molecule has 0 spiro atoms. The number of sulfonamides is 1. The van der Waals surface area contributed by atoms with E-state index in [9.17, 15) is 18.0 Å². The second-order valence-electron chi connectivity index (χ2n) is 8.79. The van der Waals surface area contributed by atoms with Gasteiger partial charge in [-0.3, -0.25) is 9.59 Å². The molecule has 1 aliphatic carbocycles. The molecule has 2 aliphatic heterocycles. The Labute approximate surface area is 178 Å². The molecule has 1 N–H and O–H groups in total. The highest BCUT2D eigenvalue weighted by atomic mass is 32.2. The Hall–Kier alpha value is -1.93. The number of likely N-dealkylation sites (tertiary alicyclic amines) is 1. The van der Waals surface area contributed by atoms with Gasteiger partial charge in [-0.1, -0.05) is 12.5 Å². The summed E-state index contributed by atoms with van der Waals surface area (Å²) >= 11 is 0. The molecule has 2 amide bonds. The Morgan fingerprint density at radius 2 is 1.63 bits per heavy atom. The lowest BCUT2D eigenvalue weighted by atomic mass is 9.95. The standard InChI is InChI=1S/C22H31N3O4S/c1-16-5-8-19(30(28,29)25-11-3-2-4-12-25)15-20(16)22(27)24-13-9-17(10-14-24)21(26)23-18-6-7-18/h5,8,15,17-18H,2-4,6-7,9-14H2,1H3,(H,23,26). The molecule has 1 saturated carbocycles. The SMILES string of the molecule is Cc1ccc(S(=O)(=O)N2CCCCC2)cc1C(=O)N1CCC(C(=O)NC2CC2)CC1. The van der Waals surface area contributed by atoms with Crippen molar-refractivity contribution in [3.05, 3.63) is 29.3 Å². The molecule has 3 fully saturated rings. The number of aryl methyl sites for hydroxylation is 1. The average molecular weight is 434 g/mol. The maximum atomic E-state index is 13.2. The van der Waals surface area contributed by atoms with E-state index in [-0.39, 0.29) is 22.6 Å².